The van der Waals surface area contributed by atoms with E-state index in [1.165, 1.54) is 10.7 Å². The molecule has 0 radical (unpaired) electrons. The van der Waals surface area contributed by atoms with Crippen LogP contribution in [0.3, 0.4) is 0 Å². The van der Waals surface area contributed by atoms with Crippen LogP contribution in [0.4, 0.5) is 11.5 Å². The van der Waals surface area contributed by atoms with Gasteiger partial charge in [-0.15, -0.1) is 0 Å². The molecule has 0 spiro atoms. The third-order valence-electron chi connectivity index (χ3n) is 3.45. The molecule has 2 rings (SSSR count). The number of aromatic nitrogens is 2. The summed E-state index contributed by atoms with van der Waals surface area (Å²) in [5.41, 5.74) is 5.95. The fourth-order valence-corrected chi connectivity index (χ4v) is 2.02. The van der Waals surface area contributed by atoms with Crippen molar-refractivity contribution in [2.24, 2.45) is 0 Å². The molecule has 1 aromatic heterocycles. The van der Waals surface area contributed by atoms with Gasteiger partial charge in [0.25, 0.3) is 5.91 Å². The number of nitrogen functional groups attached to an aromatic ring is 1. The largest absolute Gasteiger partial charge is 0.478 e. The van der Waals surface area contributed by atoms with Crippen LogP contribution in [0, 0.1) is 6.92 Å². The summed E-state index contributed by atoms with van der Waals surface area (Å²) in [6.45, 7) is 5.11. The van der Waals surface area contributed by atoms with Crippen molar-refractivity contribution in [2.45, 2.75) is 26.3 Å². The minimum absolute atomic E-state index is 0.206. The first kappa shape index (κ1) is 15.6. The molecule has 0 bridgehead atoms. The van der Waals surface area contributed by atoms with Gasteiger partial charge >= 0.3 is 5.97 Å². The lowest BCUT2D eigenvalue weighted by molar-refractivity contribution is -0.123. The molecule has 1 heterocycles. The van der Waals surface area contributed by atoms with Gasteiger partial charge in [-0.05, 0) is 50.6 Å². The van der Waals surface area contributed by atoms with Crippen molar-refractivity contribution >= 4 is 23.4 Å². The van der Waals surface area contributed by atoms with Crippen molar-refractivity contribution in [3.8, 4) is 0 Å². The lowest BCUT2D eigenvalue weighted by atomic mass is 10.0. The summed E-state index contributed by atoms with van der Waals surface area (Å²) in [5.74, 6) is -0.941. The van der Waals surface area contributed by atoms with Gasteiger partial charge in [-0.1, -0.05) is 0 Å². The van der Waals surface area contributed by atoms with Crippen LogP contribution in [-0.2, 0) is 10.3 Å². The minimum atomic E-state index is -0.997. The van der Waals surface area contributed by atoms with Crippen molar-refractivity contribution in [2.75, 3.05) is 11.1 Å². The number of nitrogens with zero attached hydrogens (tertiary/aromatic N) is 2. The van der Waals surface area contributed by atoms with Crippen LogP contribution in [0.25, 0.3) is 0 Å². The maximum Gasteiger partial charge on any atom is 0.335 e. The average Bonchev–Trinajstić information content (AvgIpc) is 2.85. The van der Waals surface area contributed by atoms with Gasteiger partial charge in [0.1, 0.15) is 11.4 Å². The van der Waals surface area contributed by atoms with Gasteiger partial charge in [-0.25, -0.2) is 4.79 Å². The maximum atomic E-state index is 12.4. The Kier molecular flexibility index (Phi) is 3.90. The summed E-state index contributed by atoms with van der Waals surface area (Å²) in [5, 5.41) is 15.8. The Bertz CT molecular complexity index is 734. The molecule has 0 aliphatic carbocycles. The predicted molar refractivity (Wildman–Crippen MR) is 82.7 cm³/mol. The van der Waals surface area contributed by atoms with Gasteiger partial charge in [-0.2, -0.15) is 5.10 Å². The Labute approximate surface area is 127 Å². The van der Waals surface area contributed by atoms with Gasteiger partial charge in [-0.3, -0.25) is 9.48 Å². The second-order valence-corrected chi connectivity index (χ2v) is 5.53. The molecule has 1 aromatic carbocycles. The number of benzene rings is 1. The van der Waals surface area contributed by atoms with E-state index in [9.17, 15) is 9.59 Å². The SMILES string of the molecule is Cc1cc(NC(=O)C(C)(C)n2ccc(N)n2)ccc1C(=O)O. The van der Waals surface area contributed by atoms with Crippen LogP contribution in [0.15, 0.2) is 30.5 Å². The van der Waals surface area contributed by atoms with Gasteiger partial charge in [0, 0.05) is 11.9 Å². The minimum Gasteiger partial charge on any atom is -0.478 e. The summed E-state index contributed by atoms with van der Waals surface area (Å²) < 4.78 is 1.48. The highest BCUT2D eigenvalue weighted by molar-refractivity contribution is 5.97. The van der Waals surface area contributed by atoms with Crippen molar-refractivity contribution < 1.29 is 14.7 Å². The lowest BCUT2D eigenvalue weighted by Gasteiger charge is -2.24. The van der Waals surface area contributed by atoms with Crippen molar-refractivity contribution in [1.29, 1.82) is 0 Å². The Morgan fingerprint density at radius 3 is 2.50 bits per heavy atom. The van der Waals surface area contributed by atoms with E-state index < -0.39 is 11.5 Å². The number of aromatic carboxylic acids is 1. The van der Waals surface area contributed by atoms with Crippen molar-refractivity contribution in [3.63, 3.8) is 0 Å². The molecule has 7 heteroatoms. The second-order valence-electron chi connectivity index (χ2n) is 5.53. The number of carbonyl (C=O) groups excluding carboxylic acids is 1. The summed E-state index contributed by atoms with van der Waals surface area (Å²) in [4.78, 5) is 23.4. The summed E-state index contributed by atoms with van der Waals surface area (Å²) in [6.07, 6.45) is 1.63. The number of amides is 1. The molecule has 0 aliphatic heterocycles. The Morgan fingerprint density at radius 1 is 1.32 bits per heavy atom. The zero-order valence-corrected chi connectivity index (χ0v) is 12.6. The number of aryl methyl sites for hydroxylation is 1. The zero-order valence-electron chi connectivity index (χ0n) is 12.6. The molecule has 2 aromatic rings. The van der Waals surface area contributed by atoms with Crippen LogP contribution in [0.1, 0.15) is 29.8 Å². The molecule has 7 nitrogen and oxygen atoms in total. The van der Waals surface area contributed by atoms with E-state index in [1.54, 1.807) is 45.2 Å². The monoisotopic (exact) mass is 302 g/mol. The summed E-state index contributed by atoms with van der Waals surface area (Å²) >= 11 is 0. The van der Waals surface area contributed by atoms with E-state index in [2.05, 4.69) is 10.4 Å². The number of carbonyl (C=O) groups is 2. The number of hydrogen-bond donors (Lipinski definition) is 3. The van der Waals surface area contributed by atoms with Crippen LogP contribution in [0.5, 0.6) is 0 Å². The summed E-state index contributed by atoms with van der Waals surface area (Å²) in [6, 6.07) is 6.25. The molecule has 0 saturated heterocycles. The molecule has 0 saturated carbocycles. The number of carboxylic acids is 1. The second kappa shape index (κ2) is 5.51. The molecule has 0 atom stereocenters. The molecule has 0 aliphatic rings. The van der Waals surface area contributed by atoms with Crippen LogP contribution in [0.2, 0.25) is 0 Å². The average molecular weight is 302 g/mol. The maximum absolute atomic E-state index is 12.4. The summed E-state index contributed by atoms with van der Waals surface area (Å²) in [7, 11) is 0. The fraction of sp³-hybridized carbons (Fsp3) is 0.267. The normalized spacial score (nSPS) is 11.2. The number of carboxylic acid groups (broad SMARTS) is 1. The smallest absolute Gasteiger partial charge is 0.335 e. The van der Waals surface area contributed by atoms with Gasteiger partial charge in [0.05, 0.1) is 5.56 Å². The van der Waals surface area contributed by atoms with E-state index in [-0.39, 0.29) is 11.5 Å². The third-order valence-corrected chi connectivity index (χ3v) is 3.45. The van der Waals surface area contributed by atoms with Gasteiger partial charge in [0.15, 0.2) is 0 Å². The number of nitrogens with one attached hydrogen (secondary N) is 1. The van der Waals surface area contributed by atoms with Gasteiger partial charge < -0.3 is 16.2 Å². The molecule has 116 valence electrons. The van der Waals surface area contributed by atoms with E-state index in [1.807, 2.05) is 0 Å². The number of rotatable bonds is 4. The zero-order chi connectivity index (χ0) is 16.5. The number of nitrogens with two attached hydrogens (primary N) is 1. The number of anilines is 2. The first-order valence-electron chi connectivity index (χ1n) is 6.69. The molecule has 4 N–H and O–H groups in total. The van der Waals surface area contributed by atoms with E-state index in [0.717, 1.165) is 0 Å². The highest BCUT2D eigenvalue weighted by atomic mass is 16.4. The molecule has 22 heavy (non-hydrogen) atoms. The standard InChI is InChI=1S/C15H18N4O3/c1-9-8-10(4-5-11(9)13(20)21)17-14(22)15(2,3)19-7-6-12(16)18-19/h4-8H,1-3H3,(H2,16,18)(H,17,22)(H,20,21). The predicted octanol–water partition coefficient (Wildman–Crippen LogP) is 1.85. The Morgan fingerprint density at radius 2 is 2.00 bits per heavy atom. The molecule has 0 fully saturated rings. The first-order chi connectivity index (χ1) is 10.2. The number of hydrogen-bond acceptors (Lipinski definition) is 4. The lowest BCUT2D eigenvalue weighted by Crippen LogP contribution is -2.40. The van der Waals surface area contributed by atoms with Crippen LogP contribution in [-0.4, -0.2) is 26.8 Å². The van der Waals surface area contributed by atoms with Crippen molar-refractivity contribution in [1.82, 2.24) is 9.78 Å². The third kappa shape index (κ3) is 2.93. The van der Waals surface area contributed by atoms with E-state index in [0.29, 0.717) is 17.1 Å². The highest BCUT2D eigenvalue weighted by Crippen LogP contribution is 2.20. The topological polar surface area (TPSA) is 110 Å². The fourth-order valence-electron chi connectivity index (χ4n) is 2.02. The van der Waals surface area contributed by atoms with E-state index >= 15 is 0 Å². The van der Waals surface area contributed by atoms with Crippen molar-refractivity contribution in [3.05, 3.63) is 41.6 Å². The van der Waals surface area contributed by atoms with Gasteiger partial charge in [0.2, 0.25) is 0 Å². The van der Waals surface area contributed by atoms with Crippen LogP contribution >= 0.6 is 0 Å². The Hall–Kier alpha value is -2.83. The molecule has 1 amide bonds. The van der Waals surface area contributed by atoms with Crippen LogP contribution < -0.4 is 11.1 Å². The molecule has 0 unspecified atom stereocenters. The molecular formula is C15H18N4O3. The highest BCUT2D eigenvalue weighted by Gasteiger charge is 2.30. The van der Waals surface area contributed by atoms with E-state index in [4.69, 9.17) is 10.8 Å². The first-order valence-corrected chi connectivity index (χ1v) is 6.69. The Balaban J connectivity index is 2.21. The quantitative estimate of drug-likeness (QED) is 0.798. The molecular weight excluding hydrogens is 284 g/mol.